The van der Waals surface area contributed by atoms with Crippen molar-refractivity contribution in [3.8, 4) is 11.6 Å². The standard InChI is InChI=1S/C17H18N2O2/c1-11-12(2)19-16-9-14(6-7-15(11)16)21-10-13-5-4-8-18-17(13)20-3/h4-9,19H,10H2,1-3H3. The van der Waals surface area contributed by atoms with Gasteiger partial charge in [-0.1, -0.05) is 0 Å². The maximum Gasteiger partial charge on any atom is 0.219 e. The van der Waals surface area contributed by atoms with E-state index in [1.165, 1.54) is 16.6 Å². The number of aromatic amines is 1. The summed E-state index contributed by atoms with van der Waals surface area (Å²) in [6.45, 7) is 4.63. The number of nitrogens with one attached hydrogen (secondary N) is 1. The molecule has 0 aliphatic heterocycles. The second-order valence-electron chi connectivity index (χ2n) is 5.04. The van der Waals surface area contributed by atoms with Gasteiger partial charge in [-0.05, 0) is 43.7 Å². The summed E-state index contributed by atoms with van der Waals surface area (Å²) in [5.41, 5.74) is 4.50. The van der Waals surface area contributed by atoms with Gasteiger partial charge in [-0.2, -0.15) is 0 Å². The molecule has 0 atom stereocenters. The second-order valence-corrected chi connectivity index (χ2v) is 5.04. The van der Waals surface area contributed by atoms with Gasteiger partial charge in [-0.3, -0.25) is 0 Å². The third-order valence-electron chi connectivity index (χ3n) is 3.72. The number of aromatic nitrogens is 2. The third kappa shape index (κ3) is 2.57. The molecule has 2 aromatic heterocycles. The molecule has 0 saturated heterocycles. The fourth-order valence-electron chi connectivity index (χ4n) is 2.42. The SMILES string of the molecule is COc1ncccc1COc1ccc2c(C)c(C)[nH]c2c1. The molecule has 3 aromatic rings. The molecule has 2 heterocycles. The molecule has 0 aliphatic carbocycles. The van der Waals surface area contributed by atoms with Gasteiger partial charge in [0, 0.05) is 28.9 Å². The van der Waals surface area contributed by atoms with Gasteiger partial charge in [0.05, 0.1) is 12.7 Å². The van der Waals surface area contributed by atoms with Crippen LogP contribution in [0.1, 0.15) is 16.8 Å². The normalized spacial score (nSPS) is 10.8. The Labute approximate surface area is 123 Å². The number of hydrogen-bond donors (Lipinski definition) is 1. The van der Waals surface area contributed by atoms with E-state index in [2.05, 4.69) is 29.9 Å². The van der Waals surface area contributed by atoms with Crippen LogP contribution in [0.4, 0.5) is 0 Å². The number of methoxy groups -OCH3 is 1. The highest BCUT2D eigenvalue weighted by Gasteiger charge is 2.07. The predicted octanol–water partition coefficient (Wildman–Crippen LogP) is 3.77. The van der Waals surface area contributed by atoms with E-state index in [1.54, 1.807) is 13.3 Å². The minimum Gasteiger partial charge on any atom is -0.489 e. The number of pyridine rings is 1. The summed E-state index contributed by atoms with van der Waals surface area (Å²) < 4.78 is 11.1. The summed E-state index contributed by atoms with van der Waals surface area (Å²) in [7, 11) is 1.61. The van der Waals surface area contributed by atoms with Gasteiger partial charge in [-0.15, -0.1) is 0 Å². The lowest BCUT2D eigenvalue weighted by molar-refractivity contribution is 0.294. The van der Waals surface area contributed by atoms with E-state index in [0.717, 1.165) is 16.8 Å². The van der Waals surface area contributed by atoms with Crippen LogP contribution in [0.2, 0.25) is 0 Å². The number of rotatable bonds is 4. The van der Waals surface area contributed by atoms with Crippen LogP contribution in [0.5, 0.6) is 11.6 Å². The van der Waals surface area contributed by atoms with Crippen LogP contribution < -0.4 is 9.47 Å². The van der Waals surface area contributed by atoms with Crippen molar-refractivity contribution < 1.29 is 9.47 Å². The first-order valence-electron chi connectivity index (χ1n) is 6.88. The molecule has 0 unspecified atom stereocenters. The van der Waals surface area contributed by atoms with Gasteiger partial charge >= 0.3 is 0 Å². The van der Waals surface area contributed by atoms with E-state index in [0.29, 0.717) is 12.5 Å². The summed E-state index contributed by atoms with van der Waals surface area (Å²) in [6, 6.07) is 9.93. The van der Waals surface area contributed by atoms with Crippen LogP contribution in [0, 0.1) is 13.8 Å². The zero-order valence-electron chi connectivity index (χ0n) is 12.4. The van der Waals surface area contributed by atoms with Crippen LogP contribution in [-0.4, -0.2) is 17.1 Å². The Morgan fingerprint density at radius 3 is 2.86 bits per heavy atom. The van der Waals surface area contributed by atoms with Crippen molar-refractivity contribution in [2.45, 2.75) is 20.5 Å². The molecule has 21 heavy (non-hydrogen) atoms. The molecule has 0 aliphatic rings. The third-order valence-corrected chi connectivity index (χ3v) is 3.72. The summed E-state index contributed by atoms with van der Waals surface area (Å²) >= 11 is 0. The number of fused-ring (bicyclic) bond motifs is 1. The molecular formula is C17H18N2O2. The van der Waals surface area contributed by atoms with Crippen molar-refractivity contribution in [3.05, 3.63) is 53.3 Å². The quantitative estimate of drug-likeness (QED) is 0.792. The maximum atomic E-state index is 5.85. The molecule has 0 fully saturated rings. The van der Waals surface area contributed by atoms with E-state index in [-0.39, 0.29) is 0 Å². The number of aryl methyl sites for hydroxylation is 2. The number of benzene rings is 1. The first kappa shape index (κ1) is 13.5. The van der Waals surface area contributed by atoms with E-state index >= 15 is 0 Å². The topological polar surface area (TPSA) is 47.1 Å². The van der Waals surface area contributed by atoms with Gasteiger partial charge in [0.15, 0.2) is 0 Å². The molecule has 4 heteroatoms. The summed E-state index contributed by atoms with van der Waals surface area (Å²) in [4.78, 5) is 7.54. The molecule has 3 rings (SSSR count). The fraction of sp³-hybridized carbons (Fsp3) is 0.235. The Morgan fingerprint density at radius 1 is 1.19 bits per heavy atom. The average Bonchev–Trinajstić information content (AvgIpc) is 2.80. The van der Waals surface area contributed by atoms with Crippen molar-refractivity contribution in [1.82, 2.24) is 9.97 Å². The monoisotopic (exact) mass is 282 g/mol. The van der Waals surface area contributed by atoms with Crippen LogP contribution in [-0.2, 0) is 6.61 Å². The van der Waals surface area contributed by atoms with Crippen molar-refractivity contribution in [1.29, 1.82) is 0 Å². The lowest BCUT2D eigenvalue weighted by Crippen LogP contribution is -2.00. The Morgan fingerprint density at radius 2 is 2.05 bits per heavy atom. The van der Waals surface area contributed by atoms with Crippen LogP contribution in [0.3, 0.4) is 0 Å². The predicted molar refractivity (Wildman–Crippen MR) is 82.9 cm³/mol. The zero-order chi connectivity index (χ0) is 14.8. The second kappa shape index (κ2) is 5.48. The largest absolute Gasteiger partial charge is 0.489 e. The van der Waals surface area contributed by atoms with Crippen molar-refractivity contribution in [3.63, 3.8) is 0 Å². The smallest absolute Gasteiger partial charge is 0.219 e. The summed E-state index contributed by atoms with van der Waals surface area (Å²) in [6.07, 6.45) is 1.71. The first-order chi connectivity index (χ1) is 10.2. The van der Waals surface area contributed by atoms with E-state index in [9.17, 15) is 0 Å². The number of ether oxygens (including phenoxy) is 2. The molecule has 1 aromatic carbocycles. The molecule has 108 valence electrons. The van der Waals surface area contributed by atoms with Gasteiger partial charge in [0.1, 0.15) is 12.4 Å². The average molecular weight is 282 g/mol. The van der Waals surface area contributed by atoms with Gasteiger partial charge < -0.3 is 14.5 Å². The van der Waals surface area contributed by atoms with Gasteiger partial charge in [0.2, 0.25) is 5.88 Å². The molecule has 0 radical (unpaired) electrons. The lowest BCUT2D eigenvalue weighted by atomic mass is 10.1. The minimum absolute atomic E-state index is 0.432. The number of H-pyrrole nitrogens is 1. The van der Waals surface area contributed by atoms with Crippen LogP contribution in [0.25, 0.3) is 10.9 Å². The molecule has 4 nitrogen and oxygen atoms in total. The van der Waals surface area contributed by atoms with Crippen molar-refractivity contribution >= 4 is 10.9 Å². The highest BCUT2D eigenvalue weighted by atomic mass is 16.5. The summed E-state index contributed by atoms with van der Waals surface area (Å²) in [5, 5.41) is 1.24. The lowest BCUT2D eigenvalue weighted by Gasteiger charge is -2.09. The van der Waals surface area contributed by atoms with Crippen LogP contribution in [0.15, 0.2) is 36.5 Å². The highest BCUT2D eigenvalue weighted by molar-refractivity contribution is 5.85. The molecule has 0 spiro atoms. The Bertz CT molecular complexity index is 778. The van der Waals surface area contributed by atoms with Gasteiger partial charge in [-0.25, -0.2) is 4.98 Å². The van der Waals surface area contributed by atoms with Gasteiger partial charge in [0.25, 0.3) is 0 Å². The molecule has 0 amide bonds. The number of nitrogens with zero attached hydrogens (tertiary/aromatic N) is 1. The molecule has 0 bridgehead atoms. The Kier molecular flexibility index (Phi) is 3.52. The van der Waals surface area contributed by atoms with Crippen molar-refractivity contribution in [2.75, 3.05) is 7.11 Å². The zero-order valence-corrected chi connectivity index (χ0v) is 12.4. The van der Waals surface area contributed by atoms with E-state index in [1.807, 2.05) is 24.3 Å². The Balaban J connectivity index is 1.82. The highest BCUT2D eigenvalue weighted by Crippen LogP contribution is 2.26. The maximum absolute atomic E-state index is 5.85. The fourth-order valence-corrected chi connectivity index (χ4v) is 2.42. The van der Waals surface area contributed by atoms with E-state index < -0.39 is 0 Å². The first-order valence-corrected chi connectivity index (χ1v) is 6.88. The number of hydrogen-bond acceptors (Lipinski definition) is 3. The molecular weight excluding hydrogens is 264 g/mol. The molecule has 1 N–H and O–H groups in total. The minimum atomic E-state index is 0.432. The Hall–Kier alpha value is -2.49. The van der Waals surface area contributed by atoms with Crippen LogP contribution >= 0.6 is 0 Å². The summed E-state index contributed by atoms with van der Waals surface area (Å²) in [5.74, 6) is 1.43. The van der Waals surface area contributed by atoms with E-state index in [4.69, 9.17) is 9.47 Å². The molecule has 0 saturated carbocycles. The van der Waals surface area contributed by atoms with Crippen molar-refractivity contribution in [2.24, 2.45) is 0 Å².